The zero-order chi connectivity index (χ0) is 16.1. The highest BCUT2D eigenvalue weighted by molar-refractivity contribution is 5.96. The first-order valence-electron chi connectivity index (χ1n) is 7.11. The average molecular weight is 297 g/mol. The second kappa shape index (κ2) is 6.89. The van der Waals surface area contributed by atoms with Crippen LogP contribution < -0.4 is 10.1 Å². The zero-order valence-corrected chi connectivity index (χ0v) is 12.9. The maximum atomic E-state index is 12.1. The van der Waals surface area contributed by atoms with Crippen LogP contribution >= 0.6 is 0 Å². The van der Waals surface area contributed by atoms with Crippen LogP contribution in [0.3, 0.4) is 0 Å². The van der Waals surface area contributed by atoms with Crippen LogP contribution in [0.2, 0.25) is 0 Å². The van der Waals surface area contributed by atoms with Crippen molar-refractivity contribution in [3.63, 3.8) is 0 Å². The summed E-state index contributed by atoms with van der Waals surface area (Å²) in [4.78, 5) is 23.4. The number of rotatable bonds is 5. The average Bonchev–Trinajstić information content (AvgIpc) is 2.50. The Morgan fingerprint density at radius 1 is 1.05 bits per heavy atom. The minimum atomic E-state index is -0.617. The molecule has 2 aromatic rings. The molecule has 1 atom stereocenters. The van der Waals surface area contributed by atoms with Crippen molar-refractivity contribution in [3.05, 3.63) is 59.7 Å². The molecule has 2 aromatic carbocycles. The lowest BCUT2D eigenvalue weighted by molar-refractivity contribution is -0.122. The van der Waals surface area contributed by atoms with E-state index >= 15 is 0 Å². The first-order valence-corrected chi connectivity index (χ1v) is 7.11. The van der Waals surface area contributed by atoms with Gasteiger partial charge in [0.1, 0.15) is 5.75 Å². The molecule has 0 saturated carbocycles. The molecule has 0 aliphatic carbocycles. The number of para-hydroxylation sites is 1. The Kier molecular flexibility index (Phi) is 4.94. The number of hydrogen-bond donors (Lipinski definition) is 1. The van der Waals surface area contributed by atoms with Crippen molar-refractivity contribution in [3.8, 4) is 5.75 Å². The monoisotopic (exact) mass is 297 g/mol. The molecule has 0 saturated heterocycles. The van der Waals surface area contributed by atoms with E-state index in [0.29, 0.717) is 17.0 Å². The Balaban J connectivity index is 1.99. The van der Waals surface area contributed by atoms with Gasteiger partial charge in [-0.1, -0.05) is 18.2 Å². The number of Topliss-reactive ketones (excluding diaryl/α,β-unsaturated/α-hetero) is 1. The number of nitrogens with one attached hydrogen (secondary N) is 1. The van der Waals surface area contributed by atoms with Gasteiger partial charge in [-0.2, -0.15) is 0 Å². The summed E-state index contributed by atoms with van der Waals surface area (Å²) in [5.74, 6) is 0.449. The molecule has 1 amide bonds. The van der Waals surface area contributed by atoms with Crippen molar-refractivity contribution in [2.75, 3.05) is 5.32 Å². The normalized spacial score (nSPS) is 11.6. The van der Waals surface area contributed by atoms with Crippen LogP contribution in [-0.4, -0.2) is 17.8 Å². The minimum Gasteiger partial charge on any atom is -0.481 e. The van der Waals surface area contributed by atoms with E-state index in [4.69, 9.17) is 4.74 Å². The fourth-order valence-corrected chi connectivity index (χ4v) is 1.96. The summed E-state index contributed by atoms with van der Waals surface area (Å²) in [7, 11) is 0. The van der Waals surface area contributed by atoms with E-state index in [1.165, 1.54) is 6.92 Å². The smallest absolute Gasteiger partial charge is 0.265 e. The van der Waals surface area contributed by atoms with E-state index in [-0.39, 0.29) is 11.7 Å². The summed E-state index contributed by atoms with van der Waals surface area (Å²) >= 11 is 0. The Morgan fingerprint density at radius 3 is 2.27 bits per heavy atom. The summed E-state index contributed by atoms with van der Waals surface area (Å²) in [5, 5.41) is 2.77. The third-order valence-corrected chi connectivity index (χ3v) is 3.33. The SMILES string of the molecule is CC(=O)c1ccc(NC(=O)[C@@H](C)Oc2ccccc2C)cc1. The molecule has 0 bridgehead atoms. The van der Waals surface area contributed by atoms with Crippen LogP contribution in [0.25, 0.3) is 0 Å². The summed E-state index contributed by atoms with van der Waals surface area (Å²) in [6.07, 6.45) is -0.617. The maximum absolute atomic E-state index is 12.1. The second-order valence-corrected chi connectivity index (χ2v) is 5.15. The molecule has 0 spiro atoms. The number of ether oxygens (including phenoxy) is 1. The van der Waals surface area contributed by atoms with E-state index in [9.17, 15) is 9.59 Å². The van der Waals surface area contributed by atoms with Gasteiger partial charge in [0.25, 0.3) is 5.91 Å². The summed E-state index contributed by atoms with van der Waals surface area (Å²) in [6, 6.07) is 14.3. The van der Waals surface area contributed by atoms with Gasteiger partial charge < -0.3 is 10.1 Å². The van der Waals surface area contributed by atoms with Crippen LogP contribution in [0.1, 0.15) is 29.8 Å². The largest absolute Gasteiger partial charge is 0.481 e. The summed E-state index contributed by atoms with van der Waals surface area (Å²) < 4.78 is 5.67. The standard InChI is InChI=1S/C18H19NO3/c1-12-6-4-5-7-17(12)22-14(3)18(21)19-16-10-8-15(9-11-16)13(2)20/h4-11,14H,1-3H3,(H,19,21)/t14-/m1/s1. The third-order valence-electron chi connectivity index (χ3n) is 3.33. The van der Waals surface area contributed by atoms with Crippen molar-refractivity contribution < 1.29 is 14.3 Å². The molecular formula is C18H19NO3. The molecule has 0 fully saturated rings. The van der Waals surface area contributed by atoms with Crippen molar-refractivity contribution >= 4 is 17.4 Å². The molecule has 0 aliphatic heterocycles. The van der Waals surface area contributed by atoms with Crippen molar-refractivity contribution in [2.24, 2.45) is 0 Å². The molecule has 22 heavy (non-hydrogen) atoms. The van der Waals surface area contributed by atoms with Gasteiger partial charge >= 0.3 is 0 Å². The molecule has 1 N–H and O–H groups in total. The van der Waals surface area contributed by atoms with Crippen molar-refractivity contribution in [2.45, 2.75) is 26.9 Å². The van der Waals surface area contributed by atoms with Gasteiger partial charge in [-0.3, -0.25) is 9.59 Å². The maximum Gasteiger partial charge on any atom is 0.265 e. The highest BCUT2D eigenvalue weighted by atomic mass is 16.5. The van der Waals surface area contributed by atoms with Crippen molar-refractivity contribution in [1.82, 2.24) is 0 Å². The molecule has 0 aliphatic rings. The third kappa shape index (κ3) is 3.95. The van der Waals surface area contributed by atoms with Crippen LogP contribution in [0.5, 0.6) is 5.75 Å². The number of carbonyl (C=O) groups excluding carboxylic acids is 2. The van der Waals surface area contributed by atoms with E-state index in [0.717, 1.165) is 5.56 Å². The predicted octanol–water partition coefficient (Wildman–Crippen LogP) is 3.60. The van der Waals surface area contributed by atoms with Crippen molar-refractivity contribution in [1.29, 1.82) is 0 Å². The Labute approximate surface area is 130 Å². The number of amides is 1. The minimum absolute atomic E-state index is 0.00543. The van der Waals surface area contributed by atoms with Gasteiger partial charge in [-0.25, -0.2) is 0 Å². The topological polar surface area (TPSA) is 55.4 Å². The molecule has 114 valence electrons. The fraction of sp³-hybridized carbons (Fsp3) is 0.222. The number of ketones is 1. The lowest BCUT2D eigenvalue weighted by Gasteiger charge is -2.16. The Morgan fingerprint density at radius 2 is 1.68 bits per heavy atom. The van der Waals surface area contributed by atoms with Gasteiger partial charge in [-0.05, 0) is 56.7 Å². The van der Waals surface area contributed by atoms with Gasteiger partial charge in [0, 0.05) is 11.3 Å². The van der Waals surface area contributed by atoms with E-state index < -0.39 is 6.10 Å². The highest BCUT2D eigenvalue weighted by Gasteiger charge is 2.15. The van der Waals surface area contributed by atoms with Crippen LogP contribution in [-0.2, 0) is 4.79 Å². The number of aryl methyl sites for hydroxylation is 1. The van der Waals surface area contributed by atoms with Crippen LogP contribution in [0.15, 0.2) is 48.5 Å². The predicted molar refractivity (Wildman–Crippen MR) is 86.3 cm³/mol. The quantitative estimate of drug-likeness (QED) is 0.858. The molecule has 0 unspecified atom stereocenters. The molecule has 4 nitrogen and oxygen atoms in total. The summed E-state index contributed by atoms with van der Waals surface area (Å²) in [6.45, 7) is 5.14. The summed E-state index contributed by atoms with van der Waals surface area (Å²) in [5.41, 5.74) is 2.23. The first-order chi connectivity index (χ1) is 10.5. The molecule has 2 rings (SSSR count). The Hall–Kier alpha value is -2.62. The number of hydrogen-bond acceptors (Lipinski definition) is 3. The lowest BCUT2D eigenvalue weighted by Crippen LogP contribution is -2.30. The zero-order valence-electron chi connectivity index (χ0n) is 12.9. The number of benzene rings is 2. The second-order valence-electron chi connectivity index (χ2n) is 5.15. The molecule has 0 heterocycles. The first kappa shape index (κ1) is 15.8. The van der Waals surface area contributed by atoms with Gasteiger partial charge in [0.15, 0.2) is 11.9 Å². The van der Waals surface area contributed by atoms with Gasteiger partial charge in [-0.15, -0.1) is 0 Å². The number of carbonyl (C=O) groups is 2. The lowest BCUT2D eigenvalue weighted by atomic mass is 10.1. The van der Waals surface area contributed by atoms with Crippen LogP contribution in [0, 0.1) is 6.92 Å². The van der Waals surface area contributed by atoms with E-state index in [1.807, 2.05) is 31.2 Å². The van der Waals surface area contributed by atoms with Gasteiger partial charge in [0.2, 0.25) is 0 Å². The van der Waals surface area contributed by atoms with E-state index in [1.54, 1.807) is 31.2 Å². The van der Waals surface area contributed by atoms with Crippen LogP contribution in [0.4, 0.5) is 5.69 Å². The molecular weight excluding hydrogens is 278 g/mol. The molecule has 0 radical (unpaired) electrons. The van der Waals surface area contributed by atoms with E-state index in [2.05, 4.69) is 5.32 Å². The molecule has 4 heteroatoms. The fourth-order valence-electron chi connectivity index (χ4n) is 1.96. The van der Waals surface area contributed by atoms with Gasteiger partial charge in [0.05, 0.1) is 0 Å². The number of anilines is 1. The highest BCUT2D eigenvalue weighted by Crippen LogP contribution is 2.18. The Bertz CT molecular complexity index is 677. The molecule has 0 aromatic heterocycles.